The molecule has 0 fully saturated rings. The standard InChI is InChI=1S/C12H22N4/c1-4-10(5-2)9-16(6-3)12-8-14-7-11(13)15-12/h7-8,10H,4-6,9H2,1-3H3,(H2,13,15). The van der Waals surface area contributed by atoms with E-state index >= 15 is 0 Å². The highest BCUT2D eigenvalue weighted by atomic mass is 15.2. The maximum Gasteiger partial charge on any atom is 0.149 e. The summed E-state index contributed by atoms with van der Waals surface area (Å²) in [6, 6.07) is 0. The van der Waals surface area contributed by atoms with Gasteiger partial charge in [0.15, 0.2) is 0 Å². The molecule has 0 spiro atoms. The van der Waals surface area contributed by atoms with Gasteiger partial charge in [0.2, 0.25) is 0 Å². The number of anilines is 2. The van der Waals surface area contributed by atoms with Crippen molar-refractivity contribution in [2.45, 2.75) is 33.6 Å². The van der Waals surface area contributed by atoms with E-state index in [1.165, 1.54) is 12.8 Å². The Morgan fingerprint density at radius 1 is 1.25 bits per heavy atom. The lowest BCUT2D eigenvalue weighted by Crippen LogP contribution is -2.30. The highest BCUT2D eigenvalue weighted by Crippen LogP contribution is 2.16. The van der Waals surface area contributed by atoms with Crippen molar-refractivity contribution in [3.05, 3.63) is 12.4 Å². The molecule has 4 heteroatoms. The van der Waals surface area contributed by atoms with Crippen LogP contribution in [0.1, 0.15) is 33.6 Å². The van der Waals surface area contributed by atoms with E-state index in [2.05, 4.69) is 35.6 Å². The molecule has 0 atom stereocenters. The van der Waals surface area contributed by atoms with Gasteiger partial charge in [0.1, 0.15) is 11.6 Å². The van der Waals surface area contributed by atoms with Gasteiger partial charge in [-0.15, -0.1) is 0 Å². The molecule has 1 aromatic rings. The number of nitrogens with zero attached hydrogens (tertiary/aromatic N) is 3. The maximum absolute atomic E-state index is 5.65. The van der Waals surface area contributed by atoms with Crippen LogP contribution in [0, 0.1) is 5.92 Å². The number of nitrogens with two attached hydrogens (primary N) is 1. The molecule has 4 nitrogen and oxygen atoms in total. The lowest BCUT2D eigenvalue weighted by Gasteiger charge is -2.26. The van der Waals surface area contributed by atoms with Crippen LogP contribution in [0.15, 0.2) is 12.4 Å². The van der Waals surface area contributed by atoms with Crippen molar-refractivity contribution in [1.82, 2.24) is 9.97 Å². The summed E-state index contributed by atoms with van der Waals surface area (Å²) in [4.78, 5) is 10.6. The second kappa shape index (κ2) is 6.30. The van der Waals surface area contributed by atoms with Gasteiger partial charge < -0.3 is 10.6 Å². The van der Waals surface area contributed by atoms with E-state index in [0.29, 0.717) is 11.7 Å². The lowest BCUT2D eigenvalue weighted by molar-refractivity contribution is 0.484. The van der Waals surface area contributed by atoms with E-state index in [1.807, 2.05) is 0 Å². The van der Waals surface area contributed by atoms with Crippen LogP contribution in [0.4, 0.5) is 11.6 Å². The molecule has 16 heavy (non-hydrogen) atoms. The monoisotopic (exact) mass is 222 g/mol. The first-order chi connectivity index (χ1) is 7.71. The third-order valence-electron chi connectivity index (χ3n) is 2.98. The molecular formula is C12H22N4. The molecule has 2 N–H and O–H groups in total. The van der Waals surface area contributed by atoms with E-state index in [4.69, 9.17) is 5.73 Å². The molecule has 0 amide bonds. The number of aromatic nitrogens is 2. The molecule has 0 aliphatic carbocycles. The van der Waals surface area contributed by atoms with Crippen molar-refractivity contribution < 1.29 is 0 Å². The van der Waals surface area contributed by atoms with Gasteiger partial charge in [-0.05, 0) is 12.8 Å². The summed E-state index contributed by atoms with van der Waals surface area (Å²) in [5, 5.41) is 0. The highest BCUT2D eigenvalue weighted by Gasteiger charge is 2.11. The minimum Gasteiger partial charge on any atom is -0.382 e. The highest BCUT2D eigenvalue weighted by molar-refractivity contribution is 5.41. The Balaban J connectivity index is 2.74. The van der Waals surface area contributed by atoms with E-state index in [0.717, 1.165) is 18.9 Å². The molecule has 1 heterocycles. The van der Waals surface area contributed by atoms with Crippen LogP contribution in [-0.4, -0.2) is 23.1 Å². The summed E-state index contributed by atoms with van der Waals surface area (Å²) in [6.07, 6.45) is 5.75. The predicted octanol–water partition coefficient (Wildman–Crippen LogP) is 2.32. The summed E-state index contributed by atoms with van der Waals surface area (Å²) < 4.78 is 0. The number of nitrogen functional groups attached to an aromatic ring is 1. The van der Waals surface area contributed by atoms with E-state index in [1.54, 1.807) is 12.4 Å². The topological polar surface area (TPSA) is 55.0 Å². The Kier molecular flexibility index (Phi) is 5.02. The van der Waals surface area contributed by atoms with Crippen molar-refractivity contribution in [3.8, 4) is 0 Å². The molecule has 0 aliphatic heterocycles. The second-order valence-electron chi connectivity index (χ2n) is 4.02. The SMILES string of the molecule is CCC(CC)CN(CC)c1cncc(N)n1. The van der Waals surface area contributed by atoms with Gasteiger partial charge in [0.05, 0.1) is 12.4 Å². The van der Waals surface area contributed by atoms with Crippen LogP contribution < -0.4 is 10.6 Å². The molecule has 0 bridgehead atoms. The summed E-state index contributed by atoms with van der Waals surface area (Å²) in [5.74, 6) is 2.08. The minimum absolute atomic E-state index is 0.487. The molecule has 1 rings (SSSR count). The molecule has 0 saturated heterocycles. The summed E-state index contributed by atoms with van der Waals surface area (Å²) in [5.41, 5.74) is 5.65. The average molecular weight is 222 g/mol. The molecule has 0 aliphatic rings. The number of hydrogen-bond acceptors (Lipinski definition) is 4. The van der Waals surface area contributed by atoms with Gasteiger partial charge in [0.25, 0.3) is 0 Å². The zero-order chi connectivity index (χ0) is 12.0. The third kappa shape index (κ3) is 3.36. The molecule has 0 radical (unpaired) electrons. The molecule has 1 aromatic heterocycles. The van der Waals surface area contributed by atoms with Gasteiger partial charge in [0, 0.05) is 13.1 Å². The fourth-order valence-electron chi connectivity index (χ4n) is 1.77. The van der Waals surface area contributed by atoms with Gasteiger partial charge in [-0.1, -0.05) is 26.7 Å². The first-order valence-corrected chi connectivity index (χ1v) is 6.03. The number of rotatable bonds is 6. The molecular weight excluding hydrogens is 200 g/mol. The van der Waals surface area contributed by atoms with Crippen LogP contribution in [0.5, 0.6) is 0 Å². The van der Waals surface area contributed by atoms with Crippen molar-refractivity contribution in [2.24, 2.45) is 5.92 Å². The van der Waals surface area contributed by atoms with Gasteiger partial charge in [-0.2, -0.15) is 0 Å². The molecule has 0 aromatic carbocycles. The Bertz CT molecular complexity index is 310. The maximum atomic E-state index is 5.65. The smallest absolute Gasteiger partial charge is 0.149 e. The summed E-state index contributed by atoms with van der Waals surface area (Å²) in [6.45, 7) is 8.56. The zero-order valence-electron chi connectivity index (χ0n) is 10.5. The zero-order valence-corrected chi connectivity index (χ0v) is 10.5. The van der Waals surface area contributed by atoms with Crippen molar-refractivity contribution in [3.63, 3.8) is 0 Å². The van der Waals surface area contributed by atoms with E-state index < -0.39 is 0 Å². The molecule has 0 unspecified atom stereocenters. The van der Waals surface area contributed by atoms with E-state index in [-0.39, 0.29) is 0 Å². The number of hydrogen-bond donors (Lipinski definition) is 1. The predicted molar refractivity (Wildman–Crippen MR) is 68.4 cm³/mol. The Morgan fingerprint density at radius 2 is 1.94 bits per heavy atom. The molecule has 0 saturated carbocycles. The van der Waals surface area contributed by atoms with E-state index in [9.17, 15) is 0 Å². The normalized spacial score (nSPS) is 10.8. The first-order valence-electron chi connectivity index (χ1n) is 6.03. The van der Waals surface area contributed by atoms with Gasteiger partial charge >= 0.3 is 0 Å². The Labute approximate surface area is 97.9 Å². The third-order valence-corrected chi connectivity index (χ3v) is 2.98. The van der Waals surface area contributed by atoms with Crippen LogP contribution in [0.3, 0.4) is 0 Å². The van der Waals surface area contributed by atoms with Crippen LogP contribution in [0.25, 0.3) is 0 Å². The average Bonchev–Trinajstić information content (AvgIpc) is 2.31. The first kappa shape index (κ1) is 12.7. The van der Waals surface area contributed by atoms with Crippen molar-refractivity contribution >= 4 is 11.6 Å². The minimum atomic E-state index is 0.487. The quantitative estimate of drug-likeness (QED) is 0.802. The van der Waals surface area contributed by atoms with Crippen LogP contribution >= 0.6 is 0 Å². The van der Waals surface area contributed by atoms with Crippen molar-refractivity contribution in [2.75, 3.05) is 23.7 Å². The lowest BCUT2D eigenvalue weighted by atomic mass is 10.0. The largest absolute Gasteiger partial charge is 0.382 e. The Morgan fingerprint density at radius 3 is 2.44 bits per heavy atom. The van der Waals surface area contributed by atoms with Crippen LogP contribution in [-0.2, 0) is 0 Å². The van der Waals surface area contributed by atoms with Gasteiger partial charge in [-0.25, -0.2) is 4.98 Å². The fourth-order valence-corrected chi connectivity index (χ4v) is 1.77. The fraction of sp³-hybridized carbons (Fsp3) is 0.667. The summed E-state index contributed by atoms with van der Waals surface area (Å²) in [7, 11) is 0. The van der Waals surface area contributed by atoms with Gasteiger partial charge in [-0.3, -0.25) is 4.98 Å². The second-order valence-corrected chi connectivity index (χ2v) is 4.02. The van der Waals surface area contributed by atoms with Crippen molar-refractivity contribution in [1.29, 1.82) is 0 Å². The summed E-state index contributed by atoms with van der Waals surface area (Å²) >= 11 is 0. The van der Waals surface area contributed by atoms with Crippen LogP contribution in [0.2, 0.25) is 0 Å². The molecule has 90 valence electrons. The Hall–Kier alpha value is -1.32.